The molecule has 1 fully saturated rings. The number of carbonyl (C=O) groups is 1. The molecule has 0 radical (unpaired) electrons. The average Bonchev–Trinajstić information content (AvgIpc) is 3.25. The van der Waals surface area contributed by atoms with Gasteiger partial charge in [0.2, 0.25) is 0 Å². The Bertz CT molecular complexity index is 924. The molecule has 6 nitrogen and oxygen atoms in total. The van der Waals surface area contributed by atoms with E-state index in [-0.39, 0.29) is 6.09 Å². The molecule has 0 saturated carbocycles. The van der Waals surface area contributed by atoms with E-state index in [2.05, 4.69) is 11.5 Å². The van der Waals surface area contributed by atoms with Crippen LogP contribution in [-0.2, 0) is 4.74 Å². The number of rotatable bonds is 9. The Hall–Kier alpha value is -3.04. The van der Waals surface area contributed by atoms with Crippen molar-refractivity contribution in [1.29, 1.82) is 5.26 Å². The van der Waals surface area contributed by atoms with Crippen LogP contribution in [0.25, 0.3) is 11.1 Å². The van der Waals surface area contributed by atoms with Crippen molar-refractivity contribution in [3.05, 3.63) is 54.1 Å². The fourth-order valence-electron chi connectivity index (χ4n) is 3.91. The van der Waals surface area contributed by atoms with E-state index in [4.69, 9.17) is 14.7 Å². The van der Waals surface area contributed by atoms with Gasteiger partial charge in [-0.1, -0.05) is 31.2 Å². The molecule has 2 aromatic carbocycles. The number of ether oxygens (including phenoxy) is 2. The third-order valence-corrected chi connectivity index (χ3v) is 6.17. The molecule has 0 bridgehead atoms. The van der Waals surface area contributed by atoms with Gasteiger partial charge in [-0.2, -0.15) is 10.7 Å². The van der Waals surface area contributed by atoms with Crippen LogP contribution in [0.4, 0.5) is 4.79 Å². The Kier molecular flexibility index (Phi) is 7.76. The van der Waals surface area contributed by atoms with Gasteiger partial charge in [0.25, 0.3) is 0 Å². The van der Waals surface area contributed by atoms with Crippen LogP contribution in [0.1, 0.15) is 52.0 Å². The lowest BCUT2D eigenvalue weighted by molar-refractivity contribution is -0.951. The van der Waals surface area contributed by atoms with Crippen molar-refractivity contribution in [2.75, 3.05) is 26.2 Å². The lowest BCUT2D eigenvalue weighted by atomic mass is 10.0. The molecular formula is C26H34N3O3+. The Morgan fingerprint density at radius 2 is 1.66 bits per heavy atom. The van der Waals surface area contributed by atoms with Gasteiger partial charge in [0, 0.05) is 19.3 Å². The third-order valence-electron chi connectivity index (χ3n) is 6.17. The minimum Gasteiger partial charge on any atom is -0.493 e. The number of benzene rings is 2. The monoisotopic (exact) mass is 436 g/mol. The highest BCUT2D eigenvalue weighted by Gasteiger charge is 2.36. The van der Waals surface area contributed by atoms with Crippen molar-refractivity contribution in [2.24, 2.45) is 0 Å². The lowest BCUT2D eigenvalue weighted by Gasteiger charge is -2.34. The van der Waals surface area contributed by atoms with E-state index in [1.807, 2.05) is 69.3 Å². The van der Waals surface area contributed by atoms with E-state index in [1.54, 1.807) is 0 Å². The first-order valence-corrected chi connectivity index (χ1v) is 11.5. The first-order chi connectivity index (χ1) is 15.3. The minimum absolute atomic E-state index is 0.335. The maximum absolute atomic E-state index is 12.4. The van der Waals surface area contributed by atoms with Gasteiger partial charge < -0.3 is 9.47 Å². The molecule has 170 valence electrons. The van der Waals surface area contributed by atoms with E-state index in [0.717, 1.165) is 62.2 Å². The number of amides is 1. The molecule has 1 aliphatic heterocycles. The predicted molar refractivity (Wildman–Crippen MR) is 125 cm³/mol. The molecule has 0 atom stereocenters. The van der Waals surface area contributed by atoms with Crippen molar-refractivity contribution >= 4 is 6.09 Å². The molecular weight excluding hydrogens is 402 g/mol. The Labute approximate surface area is 191 Å². The fraction of sp³-hybridized carbons (Fsp3) is 0.462. The SMILES string of the molecule is CCC(C)(C)OC(=O)N[N+]1(CCCOc2ccc(-c3ccc(C#N)cc3)cc2)CCCC1. The van der Waals surface area contributed by atoms with Crippen LogP contribution < -0.4 is 10.2 Å². The van der Waals surface area contributed by atoms with Gasteiger partial charge in [-0.3, -0.25) is 0 Å². The van der Waals surface area contributed by atoms with E-state index in [1.165, 1.54) is 0 Å². The van der Waals surface area contributed by atoms with E-state index in [9.17, 15) is 4.79 Å². The van der Waals surface area contributed by atoms with Gasteiger partial charge in [0.05, 0.1) is 18.2 Å². The number of nitriles is 1. The van der Waals surface area contributed by atoms with Crippen LogP contribution >= 0.6 is 0 Å². The summed E-state index contributed by atoms with van der Waals surface area (Å²) in [6.45, 7) is 9.16. The highest BCUT2D eigenvalue weighted by molar-refractivity contribution is 5.66. The largest absolute Gasteiger partial charge is 0.493 e. The van der Waals surface area contributed by atoms with Crippen LogP contribution in [-0.4, -0.2) is 42.5 Å². The number of nitrogens with zero attached hydrogens (tertiary/aromatic N) is 2. The van der Waals surface area contributed by atoms with Gasteiger partial charge in [-0.15, -0.1) is 0 Å². The normalized spacial score (nSPS) is 15.1. The second kappa shape index (κ2) is 10.5. The molecule has 1 amide bonds. The smallest absolute Gasteiger partial charge is 0.452 e. The van der Waals surface area contributed by atoms with Gasteiger partial charge in [0.1, 0.15) is 31.0 Å². The van der Waals surface area contributed by atoms with Crippen molar-refractivity contribution in [3.8, 4) is 22.9 Å². The molecule has 1 aliphatic rings. The molecule has 6 heteroatoms. The number of quaternary nitrogens is 1. The van der Waals surface area contributed by atoms with E-state index >= 15 is 0 Å². The summed E-state index contributed by atoms with van der Waals surface area (Å²) in [4.78, 5) is 12.4. The highest BCUT2D eigenvalue weighted by atomic mass is 16.6. The summed E-state index contributed by atoms with van der Waals surface area (Å²) in [5.41, 5.74) is 5.47. The zero-order valence-electron chi connectivity index (χ0n) is 19.4. The maximum atomic E-state index is 12.4. The number of nitrogens with one attached hydrogen (secondary N) is 1. The summed E-state index contributed by atoms with van der Waals surface area (Å²) in [7, 11) is 0. The second-order valence-corrected chi connectivity index (χ2v) is 9.05. The summed E-state index contributed by atoms with van der Waals surface area (Å²) in [5.74, 6) is 0.826. The molecule has 1 N–H and O–H groups in total. The molecule has 0 aromatic heterocycles. The van der Waals surface area contributed by atoms with Crippen LogP contribution in [0, 0.1) is 11.3 Å². The minimum atomic E-state index is -0.458. The second-order valence-electron chi connectivity index (χ2n) is 9.05. The summed E-state index contributed by atoms with van der Waals surface area (Å²) >= 11 is 0. The lowest BCUT2D eigenvalue weighted by Crippen LogP contribution is -2.59. The number of carbonyl (C=O) groups excluding carboxylic acids is 1. The molecule has 32 heavy (non-hydrogen) atoms. The Morgan fingerprint density at radius 3 is 2.22 bits per heavy atom. The van der Waals surface area contributed by atoms with Crippen LogP contribution in [0.2, 0.25) is 0 Å². The number of likely N-dealkylation sites (tertiary alicyclic amines) is 1. The maximum Gasteiger partial charge on any atom is 0.452 e. The average molecular weight is 437 g/mol. The third kappa shape index (κ3) is 6.48. The van der Waals surface area contributed by atoms with Crippen molar-refractivity contribution < 1.29 is 18.9 Å². The predicted octanol–water partition coefficient (Wildman–Crippen LogP) is 5.43. The summed E-state index contributed by atoms with van der Waals surface area (Å²) < 4.78 is 12.1. The first kappa shape index (κ1) is 23.6. The van der Waals surface area contributed by atoms with Gasteiger partial charge in [-0.25, -0.2) is 9.39 Å². The summed E-state index contributed by atoms with van der Waals surface area (Å²) in [5, 5.41) is 8.93. The molecule has 2 aromatic rings. The van der Waals surface area contributed by atoms with Crippen LogP contribution in [0.3, 0.4) is 0 Å². The van der Waals surface area contributed by atoms with E-state index in [0.29, 0.717) is 16.8 Å². The molecule has 1 heterocycles. The van der Waals surface area contributed by atoms with Crippen molar-refractivity contribution in [2.45, 2.75) is 52.1 Å². The molecule has 0 aliphatic carbocycles. The van der Waals surface area contributed by atoms with Crippen molar-refractivity contribution in [3.63, 3.8) is 0 Å². The summed E-state index contributed by atoms with van der Waals surface area (Å²) in [6, 6.07) is 17.7. The zero-order chi connectivity index (χ0) is 23.0. The van der Waals surface area contributed by atoms with Crippen LogP contribution in [0.5, 0.6) is 5.75 Å². The summed E-state index contributed by atoms with van der Waals surface area (Å²) in [6.07, 6.45) is 3.50. The zero-order valence-corrected chi connectivity index (χ0v) is 19.4. The van der Waals surface area contributed by atoms with Crippen LogP contribution in [0.15, 0.2) is 48.5 Å². The standard InChI is InChI=1S/C26H33N3O3/c1-4-26(2,3)32-25(30)28-29(16-5-6-17-29)18-7-19-31-24-14-12-23(13-15-24)22-10-8-21(20-27)9-11-22/h8-15H,4-7,16-19H2,1-3H3/p+1. The highest BCUT2D eigenvalue weighted by Crippen LogP contribution is 2.23. The molecule has 1 saturated heterocycles. The Morgan fingerprint density at radius 1 is 1.06 bits per heavy atom. The van der Waals surface area contributed by atoms with Gasteiger partial charge in [0.15, 0.2) is 0 Å². The molecule has 0 spiro atoms. The number of hydrogen-bond acceptors (Lipinski definition) is 4. The fourth-order valence-corrected chi connectivity index (χ4v) is 3.91. The van der Waals surface area contributed by atoms with Crippen molar-refractivity contribution in [1.82, 2.24) is 5.43 Å². The number of hydrogen-bond donors (Lipinski definition) is 1. The molecule has 0 unspecified atom stereocenters. The first-order valence-electron chi connectivity index (χ1n) is 11.5. The van der Waals surface area contributed by atoms with Gasteiger partial charge in [-0.05, 0) is 55.7 Å². The van der Waals surface area contributed by atoms with E-state index < -0.39 is 5.60 Å². The Balaban J connectivity index is 1.48. The topological polar surface area (TPSA) is 71.3 Å². The molecule has 3 rings (SSSR count). The quantitative estimate of drug-likeness (QED) is 0.420. The van der Waals surface area contributed by atoms with Gasteiger partial charge >= 0.3 is 6.09 Å².